The molecule has 1 aromatic carbocycles. The standard InChI is InChI=1S/C15H21NO3/c1-11-12(2)14(19-3)7-6-13(11)8-10-16-9-4-5-15(17)18/h4-7,16H,8-10H2,1-3H3,(H,17,18)/b5-4+. The summed E-state index contributed by atoms with van der Waals surface area (Å²) in [6, 6.07) is 4.07. The third-order valence-corrected chi connectivity index (χ3v) is 3.16. The molecule has 0 aliphatic rings. The summed E-state index contributed by atoms with van der Waals surface area (Å²) in [5.74, 6) is 0.00187. The Kier molecular flexibility index (Phi) is 6.09. The second-order valence-electron chi connectivity index (χ2n) is 4.37. The summed E-state index contributed by atoms with van der Waals surface area (Å²) in [6.45, 7) is 5.54. The molecule has 104 valence electrons. The van der Waals surface area contributed by atoms with E-state index in [1.54, 1.807) is 13.2 Å². The molecule has 0 saturated carbocycles. The van der Waals surface area contributed by atoms with Gasteiger partial charge >= 0.3 is 5.97 Å². The third kappa shape index (κ3) is 4.75. The van der Waals surface area contributed by atoms with Crippen LogP contribution in [-0.2, 0) is 11.2 Å². The molecule has 4 nitrogen and oxygen atoms in total. The second kappa shape index (κ2) is 7.59. The number of benzene rings is 1. The van der Waals surface area contributed by atoms with Crippen LogP contribution in [0.4, 0.5) is 0 Å². The largest absolute Gasteiger partial charge is 0.496 e. The van der Waals surface area contributed by atoms with E-state index in [4.69, 9.17) is 9.84 Å². The van der Waals surface area contributed by atoms with Crippen LogP contribution in [0.1, 0.15) is 16.7 Å². The number of aliphatic carboxylic acids is 1. The van der Waals surface area contributed by atoms with Gasteiger partial charge in [0.1, 0.15) is 5.75 Å². The Morgan fingerprint density at radius 1 is 1.37 bits per heavy atom. The minimum atomic E-state index is -0.913. The maximum absolute atomic E-state index is 10.3. The fourth-order valence-electron chi connectivity index (χ4n) is 1.91. The number of carbonyl (C=O) groups is 1. The van der Waals surface area contributed by atoms with E-state index in [1.807, 2.05) is 6.07 Å². The first kappa shape index (κ1) is 15.2. The number of nitrogens with one attached hydrogen (secondary N) is 1. The van der Waals surface area contributed by atoms with Crippen molar-refractivity contribution in [2.45, 2.75) is 20.3 Å². The molecule has 0 amide bonds. The molecular formula is C15H21NO3. The molecule has 19 heavy (non-hydrogen) atoms. The van der Waals surface area contributed by atoms with E-state index in [0.717, 1.165) is 24.8 Å². The van der Waals surface area contributed by atoms with Gasteiger partial charge in [-0.2, -0.15) is 0 Å². The number of ether oxygens (including phenoxy) is 1. The lowest BCUT2D eigenvalue weighted by atomic mass is 10.00. The minimum absolute atomic E-state index is 0.570. The maximum atomic E-state index is 10.3. The molecule has 4 heteroatoms. The van der Waals surface area contributed by atoms with Gasteiger partial charge in [-0.1, -0.05) is 12.1 Å². The zero-order valence-corrected chi connectivity index (χ0v) is 11.7. The van der Waals surface area contributed by atoms with Gasteiger partial charge in [0.25, 0.3) is 0 Å². The van der Waals surface area contributed by atoms with Crippen LogP contribution in [0.15, 0.2) is 24.3 Å². The van der Waals surface area contributed by atoms with Crippen molar-refractivity contribution in [3.8, 4) is 5.75 Å². The van der Waals surface area contributed by atoms with Crippen LogP contribution in [0.25, 0.3) is 0 Å². The van der Waals surface area contributed by atoms with Gasteiger partial charge in [-0.15, -0.1) is 0 Å². The van der Waals surface area contributed by atoms with Crippen molar-refractivity contribution in [2.75, 3.05) is 20.2 Å². The molecule has 0 atom stereocenters. The molecule has 0 radical (unpaired) electrons. The summed E-state index contributed by atoms with van der Waals surface area (Å²) in [5.41, 5.74) is 3.71. The summed E-state index contributed by atoms with van der Waals surface area (Å²) in [6.07, 6.45) is 3.67. The first-order valence-corrected chi connectivity index (χ1v) is 6.29. The van der Waals surface area contributed by atoms with Crippen molar-refractivity contribution >= 4 is 5.97 Å². The molecule has 0 spiro atoms. The predicted octanol–water partition coefficient (Wildman–Crippen LogP) is 2.08. The fourth-order valence-corrected chi connectivity index (χ4v) is 1.91. The van der Waals surface area contributed by atoms with E-state index in [-0.39, 0.29) is 0 Å². The molecule has 2 N–H and O–H groups in total. The van der Waals surface area contributed by atoms with Gasteiger partial charge in [-0.25, -0.2) is 4.79 Å². The molecule has 0 unspecified atom stereocenters. The van der Waals surface area contributed by atoms with Crippen molar-refractivity contribution < 1.29 is 14.6 Å². The average molecular weight is 263 g/mol. The maximum Gasteiger partial charge on any atom is 0.328 e. The monoisotopic (exact) mass is 263 g/mol. The van der Waals surface area contributed by atoms with Crippen molar-refractivity contribution in [3.05, 3.63) is 41.0 Å². The van der Waals surface area contributed by atoms with Crippen molar-refractivity contribution in [1.82, 2.24) is 5.32 Å². The molecule has 0 aliphatic heterocycles. The third-order valence-electron chi connectivity index (χ3n) is 3.16. The zero-order chi connectivity index (χ0) is 14.3. The van der Waals surface area contributed by atoms with Crippen molar-refractivity contribution in [3.63, 3.8) is 0 Å². The van der Waals surface area contributed by atoms with E-state index in [2.05, 4.69) is 25.2 Å². The second-order valence-corrected chi connectivity index (χ2v) is 4.37. The quantitative estimate of drug-likeness (QED) is 0.584. The molecule has 0 fully saturated rings. The highest BCUT2D eigenvalue weighted by molar-refractivity contribution is 5.79. The number of carboxylic acid groups (broad SMARTS) is 1. The average Bonchev–Trinajstić information content (AvgIpc) is 2.38. The van der Waals surface area contributed by atoms with Crippen LogP contribution in [0.3, 0.4) is 0 Å². The van der Waals surface area contributed by atoms with E-state index < -0.39 is 5.97 Å². The number of rotatable bonds is 7. The smallest absolute Gasteiger partial charge is 0.328 e. The fraction of sp³-hybridized carbons (Fsp3) is 0.400. The summed E-state index contributed by atoms with van der Waals surface area (Å²) < 4.78 is 5.28. The minimum Gasteiger partial charge on any atom is -0.496 e. The Hall–Kier alpha value is -1.81. The predicted molar refractivity (Wildman–Crippen MR) is 75.8 cm³/mol. The van der Waals surface area contributed by atoms with E-state index in [9.17, 15) is 4.79 Å². The summed E-state index contributed by atoms with van der Waals surface area (Å²) in [5, 5.41) is 11.6. The highest BCUT2D eigenvalue weighted by Gasteiger charge is 2.05. The lowest BCUT2D eigenvalue weighted by molar-refractivity contribution is -0.131. The summed E-state index contributed by atoms with van der Waals surface area (Å²) in [4.78, 5) is 10.3. The topological polar surface area (TPSA) is 58.6 Å². The van der Waals surface area contributed by atoms with Gasteiger partial charge in [-0.3, -0.25) is 0 Å². The van der Waals surface area contributed by atoms with E-state index >= 15 is 0 Å². The number of methoxy groups -OCH3 is 1. The first-order valence-electron chi connectivity index (χ1n) is 6.29. The Morgan fingerprint density at radius 3 is 2.74 bits per heavy atom. The molecule has 1 aromatic rings. The lowest BCUT2D eigenvalue weighted by Crippen LogP contribution is -2.17. The van der Waals surface area contributed by atoms with Crippen molar-refractivity contribution in [1.29, 1.82) is 0 Å². The van der Waals surface area contributed by atoms with Crippen LogP contribution in [0.5, 0.6) is 5.75 Å². The molecule has 0 aliphatic carbocycles. The van der Waals surface area contributed by atoms with Gasteiger partial charge in [0.15, 0.2) is 0 Å². The Balaban J connectivity index is 2.46. The van der Waals surface area contributed by atoms with Crippen molar-refractivity contribution in [2.24, 2.45) is 0 Å². The molecule has 0 bridgehead atoms. The highest BCUT2D eigenvalue weighted by atomic mass is 16.5. The highest BCUT2D eigenvalue weighted by Crippen LogP contribution is 2.23. The van der Waals surface area contributed by atoms with Crippen LogP contribution in [0.2, 0.25) is 0 Å². The van der Waals surface area contributed by atoms with E-state index in [0.29, 0.717) is 6.54 Å². The van der Waals surface area contributed by atoms with E-state index in [1.165, 1.54) is 16.7 Å². The normalized spacial score (nSPS) is 10.9. The summed E-state index contributed by atoms with van der Waals surface area (Å²) >= 11 is 0. The van der Waals surface area contributed by atoms with Crippen LogP contribution >= 0.6 is 0 Å². The zero-order valence-electron chi connectivity index (χ0n) is 11.7. The van der Waals surface area contributed by atoms with Gasteiger partial charge < -0.3 is 15.2 Å². The Labute approximate surface area is 114 Å². The molecule has 0 aromatic heterocycles. The molecule has 0 saturated heterocycles. The molecule has 1 rings (SSSR count). The Bertz CT molecular complexity index is 467. The van der Waals surface area contributed by atoms with Gasteiger partial charge in [0.05, 0.1) is 7.11 Å². The number of hydrogen-bond donors (Lipinski definition) is 2. The summed E-state index contributed by atoms with van der Waals surface area (Å²) in [7, 11) is 1.68. The number of hydrogen-bond acceptors (Lipinski definition) is 3. The lowest BCUT2D eigenvalue weighted by Gasteiger charge is -2.12. The van der Waals surface area contributed by atoms with Crippen LogP contribution < -0.4 is 10.1 Å². The van der Waals surface area contributed by atoms with Crippen LogP contribution in [-0.4, -0.2) is 31.3 Å². The van der Waals surface area contributed by atoms with Gasteiger partial charge in [-0.05, 0) is 49.6 Å². The molecular weight excluding hydrogens is 242 g/mol. The SMILES string of the molecule is COc1ccc(CCNC/C=C/C(=O)O)c(C)c1C. The molecule has 0 heterocycles. The van der Waals surface area contributed by atoms with Gasteiger partial charge in [0.2, 0.25) is 0 Å². The Morgan fingerprint density at radius 2 is 2.11 bits per heavy atom. The first-order chi connectivity index (χ1) is 9.06. The number of carboxylic acids is 1. The van der Waals surface area contributed by atoms with Crippen LogP contribution in [0, 0.1) is 13.8 Å². The van der Waals surface area contributed by atoms with Gasteiger partial charge in [0, 0.05) is 12.6 Å².